The Kier molecular flexibility index (Phi) is 4.59. The summed E-state index contributed by atoms with van der Waals surface area (Å²) >= 11 is 0. The quantitative estimate of drug-likeness (QED) is 0.893. The minimum atomic E-state index is -3.55. The highest BCUT2D eigenvalue weighted by atomic mass is 32.2. The van der Waals surface area contributed by atoms with E-state index in [1.165, 1.54) is 25.2 Å². The number of sulfonamides is 1. The van der Waals surface area contributed by atoms with Gasteiger partial charge in [-0.05, 0) is 43.8 Å². The Hall–Kier alpha value is -1.92. The molecule has 0 saturated carbocycles. The van der Waals surface area contributed by atoms with Crippen LogP contribution >= 0.6 is 0 Å². The van der Waals surface area contributed by atoms with Crippen molar-refractivity contribution in [2.45, 2.75) is 17.9 Å². The van der Waals surface area contributed by atoms with E-state index in [0.29, 0.717) is 5.69 Å². The van der Waals surface area contributed by atoms with Gasteiger partial charge < -0.3 is 5.32 Å². The van der Waals surface area contributed by atoms with Crippen LogP contribution in [0.5, 0.6) is 0 Å². The van der Waals surface area contributed by atoms with Crippen molar-refractivity contribution in [3.8, 4) is 0 Å². The maximum Gasteiger partial charge on any atom is 0.242 e. The zero-order chi connectivity index (χ0) is 15.5. The van der Waals surface area contributed by atoms with Gasteiger partial charge in [0.1, 0.15) is 10.7 Å². The van der Waals surface area contributed by atoms with Crippen LogP contribution < -0.4 is 10.0 Å². The molecule has 0 amide bonds. The third-order valence-electron chi connectivity index (χ3n) is 3.17. The van der Waals surface area contributed by atoms with Crippen molar-refractivity contribution in [3.05, 3.63) is 59.9 Å². The second kappa shape index (κ2) is 6.24. The fourth-order valence-electron chi connectivity index (χ4n) is 2.02. The van der Waals surface area contributed by atoms with Crippen LogP contribution in [0.25, 0.3) is 0 Å². The Morgan fingerprint density at radius 1 is 1.10 bits per heavy atom. The molecular weight excluding hydrogens is 291 g/mol. The SMILES string of the molecule is CNS(=O)(=O)c1ccccc1NC(C)c1cccc(F)c1. The highest BCUT2D eigenvalue weighted by molar-refractivity contribution is 7.89. The zero-order valence-electron chi connectivity index (χ0n) is 11.8. The molecule has 2 aromatic rings. The smallest absolute Gasteiger partial charge is 0.242 e. The van der Waals surface area contributed by atoms with E-state index in [2.05, 4.69) is 10.0 Å². The molecule has 0 radical (unpaired) electrons. The standard InChI is InChI=1S/C15H17FN2O2S/c1-11(12-6-5-7-13(16)10-12)18-14-8-3-4-9-15(14)21(19,20)17-2/h3-11,17-18H,1-2H3. The molecule has 2 rings (SSSR count). The number of rotatable bonds is 5. The molecule has 1 atom stereocenters. The maximum absolute atomic E-state index is 13.3. The second-order valence-electron chi connectivity index (χ2n) is 4.62. The Morgan fingerprint density at radius 3 is 2.48 bits per heavy atom. The van der Waals surface area contributed by atoms with Crippen LogP contribution in [0.3, 0.4) is 0 Å². The summed E-state index contributed by atoms with van der Waals surface area (Å²) in [6, 6.07) is 12.6. The Labute approximate surface area is 124 Å². The molecule has 1 unspecified atom stereocenters. The fourth-order valence-corrected chi connectivity index (χ4v) is 2.92. The van der Waals surface area contributed by atoms with Crippen LogP contribution in [-0.2, 0) is 10.0 Å². The highest BCUT2D eigenvalue weighted by Gasteiger charge is 2.17. The summed E-state index contributed by atoms with van der Waals surface area (Å²) in [6.45, 7) is 1.84. The third kappa shape index (κ3) is 3.59. The lowest BCUT2D eigenvalue weighted by molar-refractivity contribution is 0.588. The molecule has 6 heteroatoms. The molecule has 0 heterocycles. The lowest BCUT2D eigenvalue weighted by atomic mass is 10.1. The van der Waals surface area contributed by atoms with Gasteiger partial charge in [-0.2, -0.15) is 0 Å². The molecule has 0 aliphatic heterocycles. The first-order valence-electron chi connectivity index (χ1n) is 6.48. The van der Waals surface area contributed by atoms with E-state index >= 15 is 0 Å². The van der Waals surface area contributed by atoms with Gasteiger partial charge in [0.05, 0.1) is 5.69 Å². The van der Waals surface area contributed by atoms with Crippen molar-refractivity contribution < 1.29 is 12.8 Å². The van der Waals surface area contributed by atoms with E-state index in [0.717, 1.165) is 5.56 Å². The Morgan fingerprint density at radius 2 is 1.81 bits per heavy atom. The van der Waals surface area contributed by atoms with Gasteiger partial charge in [-0.1, -0.05) is 24.3 Å². The molecule has 112 valence electrons. The van der Waals surface area contributed by atoms with Gasteiger partial charge in [0, 0.05) is 6.04 Å². The van der Waals surface area contributed by atoms with Gasteiger partial charge in [0.25, 0.3) is 0 Å². The van der Waals surface area contributed by atoms with E-state index in [1.54, 1.807) is 30.3 Å². The van der Waals surface area contributed by atoms with Crippen molar-refractivity contribution >= 4 is 15.7 Å². The minimum Gasteiger partial charge on any atom is -0.377 e. The number of anilines is 1. The first-order valence-corrected chi connectivity index (χ1v) is 7.97. The van der Waals surface area contributed by atoms with Crippen LogP contribution in [0, 0.1) is 5.82 Å². The average molecular weight is 308 g/mol. The first-order chi connectivity index (χ1) is 9.94. The molecular formula is C15H17FN2O2S. The predicted octanol–water partition coefficient (Wildman–Crippen LogP) is 2.91. The van der Waals surface area contributed by atoms with E-state index in [4.69, 9.17) is 0 Å². The average Bonchev–Trinajstić information content (AvgIpc) is 2.47. The zero-order valence-corrected chi connectivity index (χ0v) is 12.6. The summed E-state index contributed by atoms with van der Waals surface area (Å²) in [6.07, 6.45) is 0. The molecule has 0 aromatic heterocycles. The number of benzene rings is 2. The molecule has 4 nitrogen and oxygen atoms in total. The third-order valence-corrected chi connectivity index (χ3v) is 4.64. The Bertz CT molecular complexity index is 732. The maximum atomic E-state index is 13.3. The van der Waals surface area contributed by atoms with Gasteiger partial charge in [0.2, 0.25) is 10.0 Å². The topological polar surface area (TPSA) is 58.2 Å². The summed E-state index contributed by atoms with van der Waals surface area (Å²) in [5, 5.41) is 3.11. The second-order valence-corrected chi connectivity index (χ2v) is 6.48. The van der Waals surface area contributed by atoms with E-state index in [1.807, 2.05) is 6.92 Å². The van der Waals surface area contributed by atoms with Crippen molar-refractivity contribution in [1.82, 2.24) is 4.72 Å². The van der Waals surface area contributed by atoms with Crippen LogP contribution in [-0.4, -0.2) is 15.5 Å². The lowest BCUT2D eigenvalue weighted by Crippen LogP contribution is -2.20. The fraction of sp³-hybridized carbons (Fsp3) is 0.200. The lowest BCUT2D eigenvalue weighted by Gasteiger charge is -2.18. The van der Waals surface area contributed by atoms with Gasteiger partial charge in [0.15, 0.2) is 0 Å². The highest BCUT2D eigenvalue weighted by Crippen LogP contribution is 2.25. The van der Waals surface area contributed by atoms with Gasteiger partial charge in [-0.25, -0.2) is 17.5 Å². The van der Waals surface area contributed by atoms with Crippen LogP contribution in [0.4, 0.5) is 10.1 Å². The summed E-state index contributed by atoms with van der Waals surface area (Å²) in [5.41, 5.74) is 1.22. The van der Waals surface area contributed by atoms with Gasteiger partial charge in [-0.3, -0.25) is 0 Å². The van der Waals surface area contributed by atoms with Crippen LogP contribution in [0.1, 0.15) is 18.5 Å². The number of hydrogen-bond acceptors (Lipinski definition) is 3. The van der Waals surface area contributed by atoms with E-state index in [9.17, 15) is 12.8 Å². The number of halogens is 1. The molecule has 21 heavy (non-hydrogen) atoms. The largest absolute Gasteiger partial charge is 0.377 e. The van der Waals surface area contributed by atoms with Crippen LogP contribution in [0.2, 0.25) is 0 Å². The molecule has 0 spiro atoms. The molecule has 0 fully saturated rings. The van der Waals surface area contributed by atoms with E-state index < -0.39 is 10.0 Å². The molecule has 0 aliphatic rings. The normalized spacial score (nSPS) is 12.9. The van der Waals surface area contributed by atoms with Crippen molar-refractivity contribution in [2.24, 2.45) is 0 Å². The van der Waals surface area contributed by atoms with Crippen molar-refractivity contribution in [1.29, 1.82) is 0 Å². The number of hydrogen-bond donors (Lipinski definition) is 2. The molecule has 0 saturated heterocycles. The summed E-state index contributed by atoms with van der Waals surface area (Å²) < 4.78 is 39.5. The summed E-state index contributed by atoms with van der Waals surface area (Å²) in [4.78, 5) is 0.163. The van der Waals surface area contributed by atoms with Crippen LogP contribution in [0.15, 0.2) is 53.4 Å². The van der Waals surface area contributed by atoms with Gasteiger partial charge >= 0.3 is 0 Å². The monoisotopic (exact) mass is 308 g/mol. The Balaban J connectivity index is 2.32. The predicted molar refractivity (Wildman–Crippen MR) is 81.1 cm³/mol. The molecule has 0 aliphatic carbocycles. The van der Waals surface area contributed by atoms with Crippen molar-refractivity contribution in [3.63, 3.8) is 0 Å². The first kappa shape index (κ1) is 15.5. The van der Waals surface area contributed by atoms with Crippen molar-refractivity contribution in [2.75, 3.05) is 12.4 Å². The minimum absolute atomic E-state index is 0.163. The molecule has 2 N–H and O–H groups in total. The summed E-state index contributed by atoms with van der Waals surface area (Å²) in [7, 11) is -2.19. The van der Waals surface area contributed by atoms with E-state index in [-0.39, 0.29) is 16.8 Å². The number of nitrogens with one attached hydrogen (secondary N) is 2. The van der Waals surface area contributed by atoms with Gasteiger partial charge in [-0.15, -0.1) is 0 Å². The molecule has 2 aromatic carbocycles. The number of para-hydroxylation sites is 1. The summed E-state index contributed by atoms with van der Waals surface area (Å²) in [5.74, 6) is -0.322. The molecule has 0 bridgehead atoms.